The molecule has 0 aromatic rings. The molecule has 0 amide bonds. The van der Waals surface area contributed by atoms with Gasteiger partial charge in [0.2, 0.25) is 0 Å². The van der Waals surface area contributed by atoms with Crippen LogP contribution in [0.2, 0.25) is 0 Å². The number of ether oxygens (including phenoxy) is 2. The van der Waals surface area contributed by atoms with Gasteiger partial charge in [-0.2, -0.15) is 4.89 Å². The first-order valence-electron chi connectivity index (χ1n) is 4.07. The fourth-order valence-electron chi connectivity index (χ4n) is 0.569. The fourth-order valence-corrected chi connectivity index (χ4v) is 0.569. The molecule has 1 atom stereocenters. The molecule has 0 rings (SSSR count). The first-order valence-corrected chi connectivity index (χ1v) is 4.07. The van der Waals surface area contributed by atoms with Crippen LogP contribution in [0.15, 0.2) is 0 Å². The van der Waals surface area contributed by atoms with Gasteiger partial charge in [0.05, 0.1) is 19.8 Å². The van der Waals surface area contributed by atoms with Crippen LogP contribution in [0.4, 0.5) is 0 Å². The number of methoxy groups -OCH3 is 1. The maximum absolute atomic E-state index is 10.3. The van der Waals surface area contributed by atoms with E-state index in [1.807, 2.05) is 0 Å². The quantitative estimate of drug-likeness (QED) is 0.288. The first kappa shape index (κ1) is 16.4. The predicted octanol–water partition coefficient (Wildman–Crippen LogP) is 0.530. The van der Waals surface area contributed by atoms with Crippen LogP contribution in [0.25, 0.3) is 0 Å². The van der Waals surface area contributed by atoms with Gasteiger partial charge in [0, 0.05) is 33.5 Å². The number of carbonyl (C=O) groups is 1. The standard InChI is InChI=1S/C8H16O5.Zn/c1-7(12-13-8(2)9)6-11-5-4-10-3;/h7H,4-6H2,1-3H3;. The molecule has 0 spiro atoms. The van der Waals surface area contributed by atoms with Gasteiger partial charge in [-0.1, -0.05) is 0 Å². The molecule has 0 aliphatic heterocycles. The number of carbonyl (C=O) groups excluding carboxylic acids is 1. The maximum atomic E-state index is 10.3. The van der Waals surface area contributed by atoms with E-state index < -0.39 is 5.97 Å². The molecule has 0 radical (unpaired) electrons. The van der Waals surface area contributed by atoms with Crippen molar-refractivity contribution in [3.8, 4) is 0 Å². The van der Waals surface area contributed by atoms with E-state index in [2.05, 4.69) is 9.78 Å². The van der Waals surface area contributed by atoms with E-state index in [0.717, 1.165) is 0 Å². The molecule has 14 heavy (non-hydrogen) atoms. The molecule has 0 saturated heterocycles. The molecule has 0 aliphatic carbocycles. The SMILES string of the molecule is COCCOCC(C)OOC(C)=O.[Zn]. The molecule has 80 valence electrons. The van der Waals surface area contributed by atoms with Crippen molar-refractivity contribution >= 4 is 5.97 Å². The summed E-state index contributed by atoms with van der Waals surface area (Å²) in [5, 5.41) is 0. The van der Waals surface area contributed by atoms with E-state index in [0.29, 0.717) is 19.8 Å². The minimum Gasteiger partial charge on any atom is -0.382 e. The molecule has 0 aromatic heterocycles. The average molecular weight is 258 g/mol. The van der Waals surface area contributed by atoms with Gasteiger partial charge in [-0.3, -0.25) is 4.89 Å². The maximum Gasteiger partial charge on any atom is 0.339 e. The van der Waals surface area contributed by atoms with Crippen molar-refractivity contribution < 1.29 is 43.5 Å². The molecule has 1 unspecified atom stereocenters. The third-order valence-electron chi connectivity index (χ3n) is 1.11. The van der Waals surface area contributed by atoms with Crippen molar-refractivity contribution in [1.82, 2.24) is 0 Å². The smallest absolute Gasteiger partial charge is 0.339 e. The minimum atomic E-state index is -0.469. The molecule has 0 aromatic carbocycles. The molecular formula is C8H16O5Zn. The Morgan fingerprint density at radius 3 is 2.50 bits per heavy atom. The molecule has 0 N–H and O–H groups in total. The molecule has 6 heteroatoms. The van der Waals surface area contributed by atoms with E-state index in [4.69, 9.17) is 9.47 Å². The van der Waals surface area contributed by atoms with E-state index in [9.17, 15) is 4.79 Å². The monoisotopic (exact) mass is 256 g/mol. The summed E-state index contributed by atoms with van der Waals surface area (Å²) in [4.78, 5) is 19.3. The van der Waals surface area contributed by atoms with Crippen molar-refractivity contribution in [3.05, 3.63) is 0 Å². The zero-order valence-corrected chi connectivity index (χ0v) is 11.9. The Morgan fingerprint density at radius 1 is 1.36 bits per heavy atom. The zero-order valence-electron chi connectivity index (χ0n) is 8.95. The van der Waals surface area contributed by atoms with Crippen LogP contribution in [-0.4, -0.2) is 39.0 Å². The average Bonchev–Trinajstić information content (AvgIpc) is 2.09. The third-order valence-corrected chi connectivity index (χ3v) is 1.11. The number of rotatable bonds is 7. The molecule has 5 nitrogen and oxygen atoms in total. The molecule has 0 saturated carbocycles. The predicted molar refractivity (Wildman–Crippen MR) is 45.0 cm³/mol. The second-order valence-electron chi connectivity index (χ2n) is 2.55. The Morgan fingerprint density at radius 2 is 2.00 bits per heavy atom. The van der Waals surface area contributed by atoms with Crippen LogP contribution in [0, 0.1) is 0 Å². The van der Waals surface area contributed by atoms with E-state index >= 15 is 0 Å². The van der Waals surface area contributed by atoms with Crippen LogP contribution in [0.1, 0.15) is 13.8 Å². The summed E-state index contributed by atoms with van der Waals surface area (Å²) in [5.74, 6) is -0.469. The minimum absolute atomic E-state index is 0. The molecular weight excluding hydrogens is 241 g/mol. The van der Waals surface area contributed by atoms with Gasteiger partial charge in [0.1, 0.15) is 6.10 Å². The Labute approximate surface area is 96.7 Å². The second kappa shape index (κ2) is 11.1. The van der Waals surface area contributed by atoms with Crippen LogP contribution >= 0.6 is 0 Å². The van der Waals surface area contributed by atoms with Gasteiger partial charge in [-0.15, -0.1) is 0 Å². The number of hydrogen-bond acceptors (Lipinski definition) is 5. The van der Waals surface area contributed by atoms with Crippen molar-refractivity contribution in [1.29, 1.82) is 0 Å². The van der Waals surface area contributed by atoms with Gasteiger partial charge in [0.15, 0.2) is 0 Å². The number of hydrogen-bond donors (Lipinski definition) is 0. The topological polar surface area (TPSA) is 54.0 Å². The van der Waals surface area contributed by atoms with Crippen LogP contribution < -0.4 is 0 Å². The van der Waals surface area contributed by atoms with Crippen molar-refractivity contribution in [2.24, 2.45) is 0 Å². The molecule has 0 bridgehead atoms. The van der Waals surface area contributed by atoms with Gasteiger partial charge in [-0.05, 0) is 6.92 Å². The van der Waals surface area contributed by atoms with Crippen LogP contribution in [0.5, 0.6) is 0 Å². The van der Waals surface area contributed by atoms with Crippen molar-refractivity contribution in [3.63, 3.8) is 0 Å². The van der Waals surface area contributed by atoms with Gasteiger partial charge < -0.3 is 9.47 Å². The van der Waals surface area contributed by atoms with Crippen LogP contribution in [0.3, 0.4) is 0 Å². The Kier molecular flexibility index (Phi) is 12.9. The Hall–Kier alpha value is -0.0266. The largest absolute Gasteiger partial charge is 0.382 e. The summed E-state index contributed by atoms with van der Waals surface area (Å²) in [7, 11) is 1.60. The summed E-state index contributed by atoms with van der Waals surface area (Å²) in [6, 6.07) is 0. The Balaban J connectivity index is 0. The van der Waals surface area contributed by atoms with Gasteiger partial charge >= 0.3 is 5.97 Å². The van der Waals surface area contributed by atoms with Gasteiger partial charge in [0.25, 0.3) is 0 Å². The normalized spacial score (nSPS) is 11.6. The second-order valence-corrected chi connectivity index (χ2v) is 2.55. The summed E-state index contributed by atoms with van der Waals surface area (Å²) in [6.07, 6.45) is -0.263. The third kappa shape index (κ3) is 12.0. The summed E-state index contributed by atoms with van der Waals surface area (Å²) < 4.78 is 9.90. The molecule has 0 heterocycles. The van der Waals surface area contributed by atoms with Crippen molar-refractivity contribution in [2.45, 2.75) is 20.0 Å². The van der Waals surface area contributed by atoms with Crippen LogP contribution in [-0.2, 0) is 43.5 Å². The Bertz CT molecular complexity index is 142. The molecule has 0 fully saturated rings. The van der Waals surface area contributed by atoms with E-state index in [1.165, 1.54) is 6.92 Å². The zero-order chi connectivity index (χ0) is 10.1. The molecule has 0 aliphatic rings. The summed E-state index contributed by atoms with van der Waals surface area (Å²) >= 11 is 0. The first-order chi connectivity index (χ1) is 6.16. The summed E-state index contributed by atoms with van der Waals surface area (Å²) in [6.45, 7) is 4.44. The summed E-state index contributed by atoms with van der Waals surface area (Å²) in [5.41, 5.74) is 0. The van der Waals surface area contributed by atoms with Gasteiger partial charge in [-0.25, -0.2) is 4.79 Å². The fraction of sp³-hybridized carbons (Fsp3) is 0.875. The van der Waals surface area contributed by atoms with Crippen molar-refractivity contribution in [2.75, 3.05) is 26.9 Å². The van der Waals surface area contributed by atoms with E-state index in [-0.39, 0.29) is 25.6 Å². The van der Waals surface area contributed by atoms with E-state index in [1.54, 1.807) is 14.0 Å².